The van der Waals surface area contributed by atoms with Crippen molar-refractivity contribution in [1.29, 1.82) is 0 Å². The van der Waals surface area contributed by atoms with Crippen molar-refractivity contribution in [1.82, 2.24) is 19.7 Å². The number of aromatic nitrogens is 4. The monoisotopic (exact) mass is 309 g/mol. The van der Waals surface area contributed by atoms with E-state index in [4.69, 9.17) is 5.73 Å². The fourth-order valence-electron chi connectivity index (χ4n) is 1.68. The Morgan fingerprint density at radius 1 is 1.39 bits per heavy atom. The van der Waals surface area contributed by atoms with Crippen LogP contribution in [0.3, 0.4) is 0 Å². The first kappa shape index (κ1) is 13.0. The van der Waals surface area contributed by atoms with Gasteiger partial charge >= 0.3 is 0 Å². The van der Waals surface area contributed by atoms with Crippen LogP contribution in [-0.2, 0) is 13.5 Å². The van der Waals surface area contributed by atoms with Crippen molar-refractivity contribution in [2.45, 2.75) is 20.3 Å². The van der Waals surface area contributed by atoms with E-state index in [0.717, 1.165) is 22.3 Å². The number of hydrogen-bond donors (Lipinski definition) is 1. The summed E-state index contributed by atoms with van der Waals surface area (Å²) < 4.78 is 2.51. The largest absolute Gasteiger partial charge is 0.383 e. The van der Waals surface area contributed by atoms with Crippen molar-refractivity contribution in [3.8, 4) is 11.5 Å². The Morgan fingerprint density at radius 3 is 2.67 bits per heavy atom. The van der Waals surface area contributed by atoms with Crippen LogP contribution in [0.15, 0.2) is 16.7 Å². The fraction of sp³-hybridized carbons (Fsp3) is 0.417. The topological polar surface area (TPSA) is 69.6 Å². The molecule has 0 spiro atoms. The summed E-state index contributed by atoms with van der Waals surface area (Å²) in [6, 6.07) is 1.88. The molecule has 18 heavy (non-hydrogen) atoms. The Kier molecular flexibility index (Phi) is 3.65. The summed E-state index contributed by atoms with van der Waals surface area (Å²) in [6.45, 7) is 4.29. The van der Waals surface area contributed by atoms with E-state index in [2.05, 4.69) is 44.8 Å². The maximum absolute atomic E-state index is 5.91. The summed E-state index contributed by atoms with van der Waals surface area (Å²) in [7, 11) is 1.86. The zero-order valence-electron chi connectivity index (χ0n) is 10.7. The van der Waals surface area contributed by atoms with Crippen molar-refractivity contribution in [2.24, 2.45) is 13.0 Å². The third-order valence-corrected chi connectivity index (χ3v) is 3.35. The van der Waals surface area contributed by atoms with E-state index in [1.165, 1.54) is 0 Å². The van der Waals surface area contributed by atoms with Gasteiger partial charge in [-0.1, -0.05) is 13.8 Å². The van der Waals surface area contributed by atoms with E-state index in [1.807, 2.05) is 19.3 Å². The molecule has 2 aromatic rings. The maximum Gasteiger partial charge on any atom is 0.182 e. The van der Waals surface area contributed by atoms with E-state index in [-0.39, 0.29) is 0 Å². The summed E-state index contributed by atoms with van der Waals surface area (Å²) in [6.07, 6.45) is 2.71. The molecule has 2 aromatic heterocycles. The summed E-state index contributed by atoms with van der Waals surface area (Å²) in [4.78, 5) is 8.81. The van der Waals surface area contributed by atoms with Crippen LogP contribution >= 0.6 is 15.9 Å². The standard InChI is InChI=1S/C12H16BrN5/c1-7(2)6-9-10(13)11(14)16-12(15-9)8-4-5-18(3)17-8/h4-5,7H,6H2,1-3H3,(H2,14,15,16). The molecule has 0 aromatic carbocycles. The van der Waals surface area contributed by atoms with Crippen LogP contribution in [0.25, 0.3) is 11.5 Å². The van der Waals surface area contributed by atoms with E-state index in [1.54, 1.807) is 4.68 Å². The van der Waals surface area contributed by atoms with E-state index in [9.17, 15) is 0 Å². The molecule has 6 heteroatoms. The number of nitrogens with two attached hydrogens (primary N) is 1. The molecular weight excluding hydrogens is 294 g/mol. The minimum Gasteiger partial charge on any atom is -0.383 e. The van der Waals surface area contributed by atoms with Gasteiger partial charge in [-0.25, -0.2) is 9.97 Å². The molecular formula is C12H16BrN5. The van der Waals surface area contributed by atoms with Crippen molar-refractivity contribution < 1.29 is 0 Å². The van der Waals surface area contributed by atoms with Crippen LogP contribution in [-0.4, -0.2) is 19.7 Å². The second-order valence-corrected chi connectivity index (χ2v) is 5.46. The molecule has 0 unspecified atom stereocenters. The van der Waals surface area contributed by atoms with Gasteiger partial charge in [-0.05, 0) is 34.3 Å². The van der Waals surface area contributed by atoms with Crippen molar-refractivity contribution in [3.05, 3.63) is 22.4 Å². The lowest BCUT2D eigenvalue weighted by atomic mass is 10.1. The summed E-state index contributed by atoms with van der Waals surface area (Å²) in [5.41, 5.74) is 7.58. The average molecular weight is 310 g/mol. The van der Waals surface area contributed by atoms with Gasteiger partial charge in [0.25, 0.3) is 0 Å². The molecule has 0 saturated carbocycles. The molecule has 2 N–H and O–H groups in total. The van der Waals surface area contributed by atoms with Gasteiger partial charge in [0.05, 0.1) is 10.2 Å². The van der Waals surface area contributed by atoms with Crippen LogP contribution < -0.4 is 5.73 Å². The molecule has 0 aliphatic heterocycles. The third kappa shape index (κ3) is 2.69. The number of aryl methyl sites for hydroxylation is 1. The Hall–Kier alpha value is -1.43. The molecule has 0 atom stereocenters. The van der Waals surface area contributed by atoms with Gasteiger partial charge in [0.1, 0.15) is 11.5 Å². The number of nitrogen functional groups attached to an aromatic ring is 1. The van der Waals surface area contributed by atoms with Crippen molar-refractivity contribution >= 4 is 21.7 Å². The second-order valence-electron chi connectivity index (χ2n) is 4.67. The van der Waals surface area contributed by atoms with Gasteiger partial charge in [0.15, 0.2) is 5.82 Å². The molecule has 0 radical (unpaired) electrons. The van der Waals surface area contributed by atoms with Gasteiger partial charge in [0.2, 0.25) is 0 Å². The van der Waals surface area contributed by atoms with Gasteiger partial charge in [-0.15, -0.1) is 0 Å². The summed E-state index contributed by atoms with van der Waals surface area (Å²) >= 11 is 3.44. The smallest absolute Gasteiger partial charge is 0.182 e. The van der Waals surface area contributed by atoms with Gasteiger partial charge in [0, 0.05) is 13.2 Å². The first-order valence-electron chi connectivity index (χ1n) is 5.79. The van der Waals surface area contributed by atoms with E-state index in [0.29, 0.717) is 17.6 Å². The van der Waals surface area contributed by atoms with Crippen molar-refractivity contribution in [2.75, 3.05) is 5.73 Å². The molecule has 0 saturated heterocycles. The number of nitrogens with zero attached hydrogens (tertiary/aromatic N) is 4. The lowest BCUT2D eigenvalue weighted by molar-refractivity contribution is 0.632. The highest BCUT2D eigenvalue weighted by molar-refractivity contribution is 9.10. The van der Waals surface area contributed by atoms with E-state index >= 15 is 0 Å². The molecule has 96 valence electrons. The van der Waals surface area contributed by atoms with Crippen LogP contribution in [0.2, 0.25) is 0 Å². The first-order chi connectivity index (χ1) is 8.47. The van der Waals surface area contributed by atoms with Crippen LogP contribution in [0, 0.1) is 5.92 Å². The minimum atomic E-state index is 0.460. The van der Waals surface area contributed by atoms with Gasteiger partial charge in [-0.3, -0.25) is 4.68 Å². The third-order valence-electron chi connectivity index (χ3n) is 2.49. The molecule has 0 aliphatic rings. The highest BCUT2D eigenvalue weighted by atomic mass is 79.9. The highest BCUT2D eigenvalue weighted by Crippen LogP contribution is 2.26. The molecule has 0 bridgehead atoms. The highest BCUT2D eigenvalue weighted by Gasteiger charge is 2.14. The average Bonchev–Trinajstić information content (AvgIpc) is 2.70. The van der Waals surface area contributed by atoms with E-state index < -0.39 is 0 Å². The first-order valence-corrected chi connectivity index (χ1v) is 6.58. The van der Waals surface area contributed by atoms with Crippen molar-refractivity contribution in [3.63, 3.8) is 0 Å². The molecule has 5 nitrogen and oxygen atoms in total. The summed E-state index contributed by atoms with van der Waals surface area (Å²) in [5.74, 6) is 1.54. The van der Waals surface area contributed by atoms with Crippen LogP contribution in [0.4, 0.5) is 5.82 Å². The van der Waals surface area contributed by atoms with Crippen LogP contribution in [0.1, 0.15) is 19.5 Å². The Balaban J connectivity index is 2.46. The maximum atomic E-state index is 5.91. The SMILES string of the molecule is CC(C)Cc1nc(-c2ccn(C)n2)nc(N)c1Br. The van der Waals surface area contributed by atoms with Gasteiger partial charge < -0.3 is 5.73 Å². The Bertz CT molecular complexity index is 562. The van der Waals surface area contributed by atoms with Crippen LogP contribution in [0.5, 0.6) is 0 Å². The zero-order chi connectivity index (χ0) is 13.3. The fourth-order valence-corrected chi connectivity index (χ4v) is 2.02. The number of halogens is 1. The molecule has 2 heterocycles. The normalized spacial score (nSPS) is 11.2. The lowest BCUT2D eigenvalue weighted by Gasteiger charge is -2.09. The predicted molar refractivity (Wildman–Crippen MR) is 74.9 cm³/mol. The molecule has 0 aliphatic carbocycles. The molecule has 0 fully saturated rings. The lowest BCUT2D eigenvalue weighted by Crippen LogP contribution is -2.06. The van der Waals surface area contributed by atoms with Gasteiger partial charge in [-0.2, -0.15) is 5.10 Å². The summed E-state index contributed by atoms with van der Waals surface area (Å²) in [5, 5.41) is 4.29. The second kappa shape index (κ2) is 5.06. The number of hydrogen-bond acceptors (Lipinski definition) is 4. The molecule has 2 rings (SSSR count). The number of rotatable bonds is 3. The number of anilines is 1. The Labute approximate surface area is 115 Å². The quantitative estimate of drug-likeness (QED) is 0.945. The predicted octanol–water partition coefficient (Wildman–Crippen LogP) is 2.42. The zero-order valence-corrected chi connectivity index (χ0v) is 12.3. The molecule has 0 amide bonds. The Morgan fingerprint density at radius 2 is 2.11 bits per heavy atom. The minimum absolute atomic E-state index is 0.460.